The van der Waals surface area contributed by atoms with Gasteiger partial charge < -0.3 is 34.0 Å². The zero-order valence-corrected chi connectivity index (χ0v) is 37.1. The van der Waals surface area contributed by atoms with Crippen LogP contribution in [0.15, 0.2) is 103 Å². The van der Waals surface area contributed by atoms with E-state index in [1.807, 2.05) is 51.1 Å². The van der Waals surface area contributed by atoms with Gasteiger partial charge >= 0.3 is 6.09 Å². The van der Waals surface area contributed by atoms with Crippen LogP contribution in [0.5, 0.6) is 17.2 Å². The molecule has 1 fully saturated rings. The quantitative estimate of drug-likeness (QED) is 0.0655. The van der Waals surface area contributed by atoms with E-state index in [0.717, 1.165) is 48.1 Å². The van der Waals surface area contributed by atoms with Crippen molar-refractivity contribution in [1.82, 2.24) is 4.90 Å². The molecule has 0 spiro atoms. The molecule has 0 bridgehead atoms. The van der Waals surface area contributed by atoms with Crippen molar-refractivity contribution in [3.05, 3.63) is 126 Å². The average Bonchev–Trinajstić information content (AvgIpc) is 3.24. The molecule has 62 heavy (non-hydrogen) atoms. The van der Waals surface area contributed by atoms with E-state index >= 15 is 0 Å². The predicted octanol–water partition coefficient (Wildman–Crippen LogP) is 10.9. The molecule has 0 aromatic heterocycles. The zero-order valence-electron chi connectivity index (χ0n) is 37.1. The van der Waals surface area contributed by atoms with Crippen LogP contribution < -0.4 is 9.47 Å². The summed E-state index contributed by atoms with van der Waals surface area (Å²) in [7, 11) is 0. The average molecular weight is 853 g/mol. The van der Waals surface area contributed by atoms with Crippen LogP contribution >= 0.6 is 0 Å². The lowest BCUT2D eigenvalue weighted by molar-refractivity contribution is -0.256. The van der Waals surface area contributed by atoms with Crippen molar-refractivity contribution < 1.29 is 43.2 Å². The number of carbonyl (C=O) groups is 1. The Morgan fingerprint density at radius 2 is 1.66 bits per heavy atom. The molecule has 3 aromatic carbocycles. The van der Waals surface area contributed by atoms with Gasteiger partial charge in [0, 0.05) is 37.7 Å². The molecule has 1 saturated carbocycles. The molecule has 6 atom stereocenters. The Kier molecular flexibility index (Phi) is 15.7. The van der Waals surface area contributed by atoms with Crippen LogP contribution in [0, 0.1) is 37.4 Å². The molecule has 0 radical (unpaired) electrons. The number of carbonyl (C=O) groups excluding carboxylic acids is 1. The Bertz CT molecular complexity index is 2080. The fourth-order valence-electron chi connectivity index (χ4n) is 9.22. The van der Waals surface area contributed by atoms with Gasteiger partial charge in [-0.05, 0) is 143 Å². The Morgan fingerprint density at radius 3 is 2.34 bits per heavy atom. The number of ether oxygens (including phenoxy) is 4. The fraction of sp³-hybridized carbons (Fsp3) is 0.490. The molecular formula is C51H65FN2O8. The SMILES string of the molecule is C=CCCOC(=O)N(Cc1ccc(F)cc1)C1CC(=NOC(C)(C)C)C2=CC(CCCCO)C(CCCCO)C3c4cc(Oc5ccc(C)c(C)c5)ccc4OC1(OCC=C)C23. The minimum absolute atomic E-state index is 0.0221. The summed E-state index contributed by atoms with van der Waals surface area (Å²) < 4.78 is 41.3. The first-order chi connectivity index (χ1) is 29.8. The maximum atomic E-state index is 14.6. The van der Waals surface area contributed by atoms with E-state index in [2.05, 4.69) is 39.1 Å². The number of rotatable bonds is 20. The first-order valence-corrected chi connectivity index (χ1v) is 22.1. The van der Waals surface area contributed by atoms with Crippen molar-refractivity contribution in [3.8, 4) is 17.2 Å². The highest BCUT2D eigenvalue weighted by molar-refractivity contribution is 6.03. The number of halogens is 1. The molecule has 334 valence electrons. The summed E-state index contributed by atoms with van der Waals surface area (Å²) in [5.41, 5.74) is 4.87. The van der Waals surface area contributed by atoms with Crippen LogP contribution in [-0.2, 0) is 20.9 Å². The number of hydrogen-bond acceptors (Lipinski definition) is 9. The molecule has 0 saturated heterocycles. The van der Waals surface area contributed by atoms with Gasteiger partial charge in [0.1, 0.15) is 34.7 Å². The second kappa shape index (κ2) is 20.9. The number of allylic oxidation sites excluding steroid dienone is 1. The summed E-state index contributed by atoms with van der Waals surface area (Å²) in [5.74, 6) is -0.626. The number of oxime groups is 1. The Balaban J connectivity index is 1.62. The van der Waals surface area contributed by atoms with E-state index in [1.54, 1.807) is 29.2 Å². The van der Waals surface area contributed by atoms with Gasteiger partial charge in [0.25, 0.3) is 0 Å². The number of nitrogens with zero attached hydrogens (tertiary/aromatic N) is 2. The van der Waals surface area contributed by atoms with Crippen LogP contribution in [0.1, 0.15) is 100 Å². The van der Waals surface area contributed by atoms with Crippen LogP contribution in [0.25, 0.3) is 0 Å². The largest absolute Gasteiger partial charge is 0.459 e. The van der Waals surface area contributed by atoms with Crippen molar-refractivity contribution in [2.24, 2.45) is 22.9 Å². The maximum Gasteiger partial charge on any atom is 0.410 e. The van der Waals surface area contributed by atoms with Crippen LogP contribution in [0.4, 0.5) is 9.18 Å². The number of unbranched alkanes of at least 4 members (excludes halogenated alkanes) is 2. The minimum Gasteiger partial charge on any atom is -0.459 e. The van der Waals surface area contributed by atoms with Crippen LogP contribution in [0.2, 0.25) is 0 Å². The van der Waals surface area contributed by atoms with Gasteiger partial charge in [-0.3, -0.25) is 4.90 Å². The molecule has 1 heterocycles. The lowest BCUT2D eigenvalue weighted by atomic mass is 9.55. The lowest BCUT2D eigenvalue weighted by Crippen LogP contribution is -2.70. The van der Waals surface area contributed by atoms with Gasteiger partial charge in [-0.1, -0.05) is 54.4 Å². The molecule has 6 unspecified atom stereocenters. The molecule has 11 heteroatoms. The van der Waals surface area contributed by atoms with Crippen molar-refractivity contribution in [1.29, 1.82) is 0 Å². The predicted molar refractivity (Wildman–Crippen MR) is 240 cm³/mol. The third-order valence-electron chi connectivity index (χ3n) is 12.2. The van der Waals surface area contributed by atoms with Gasteiger partial charge in [-0.25, -0.2) is 9.18 Å². The Hall–Kier alpha value is -4.97. The monoisotopic (exact) mass is 852 g/mol. The van der Waals surface area contributed by atoms with E-state index in [-0.39, 0.29) is 63.0 Å². The van der Waals surface area contributed by atoms with Crippen LogP contribution in [0.3, 0.4) is 0 Å². The molecule has 1 aliphatic heterocycles. The van der Waals surface area contributed by atoms with E-state index in [0.29, 0.717) is 42.0 Å². The smallest absolute Gasteiger partial charge is 0.410 e. The minimum atomic E-state index is -1.50. The molecule has 3 aromatic rings. The molecule has 2 aliphatic carbocycles. The standard InChI is InChI=1S/C51H65FN2O8/c1-8-10-28-58-49(57)54(33-36-18-20-38(52)21-19-36)46-32-44(53-62-50(5,6)7)42-30-37(15-11-13-25-55)41(16-12-14-26-56)47-43-31-40(60-39-22-17-34(3)35(4)29-39)23-24-45(43)61-51(46,48(42)47)59-27-9-2/h8-9,17-24,29-31,37,41,46-48,55-56H,1-2,10-16,25-28,32-33H2,3-7H3. The topological polar surface area (TPSA) is 119 Å². The molecular weight excluding hydrogens is 788 g/mol. The summed E-state index contributed by atoms with van der Waals surface area (Å²) in [6.07, 6.45) is 10.2. The molecule has 10 nitrogen and oxygen atoms in total. The summed E-state index contributed by atoms with van der Waals surface area (Å²) in [6, 6.07) is 17.2. The second-order valence-corrected chi connectivity index (χ2v) is 17.8. The molecule has 3 aliphatic rings. The summed E-state index contributed by atoms with van der Waals surface area (Å²) in [5, 5.41) is 24.8. The maximum absolute atomic E-state index is 14.6. The highest BCUT2D eigenvalue weighted by Crippen LogP contribution is 2.62. The van der Waals surface area contributed by atoms with Crippen molar-refractivity contribution in [2.45, 2.75) is 116 Å². The summed E-state index contributed by atoms with van der Waals surface area (Å²) in [4.78, 5) is 22.5. The van der Waals surface area contributed by atoms with Crippen molar-refractivity contribution >= 4 is 11.8 Å². The van der Waals surface area contributed by atoms with Gasteiger partial charge in [0.05, 0.1) is 24.8 Å². The number of aliphatic hydroxyl groups excluding tert-OH is 2. The van der Waals surface area contributed by atoms with E-state index in [1.165, 1.54) is 17.7 Å². The van der Waals surface area contributed by atoms with Crippen molar-refractivity contribution in [2.75, 3.05) is 26.4 Å². The van der Waals surface area contributed by atoms with E-state index in [9.17, 15) is 19.4 Å². The van der Waals surface area contributed by atoms with Gasteiger partial charge in [-0.15, -0.1) is 13.2 Å². The first-order valence-electron chi connectivity index (χ1n) is 22.1. The first kappa shape index (κ1) is 46.5. The van der Waals surface area contributed by atoms with Crippen molar-refractivity contribution in [3.63, 3.8) is 0 Å². The molecule has 2 N–H and O–H groups in total. The highest BCUT2D eigenvalue weighted by Gasteiger charge is 2.65. The third-order valence-corrected chi connectivity index (χ3v) is 12.2. The normalized spacial score (nSPS) is 23.3. The number of aliphatic hydroxyl groups is 2. The molecule has 6 rings (SSSR count). The summed E-state index contributed by atoms with van der Waals surface area (Å²) in [6.45, 7) is 18.2. The number of amides is 1. The Labute approximate surface area is 367 Å². The highest BCUT2D eigenvalue weighted by atomic mass is 19.1. The fourth-order valence-corrected chi connectivity index (χ4v) is 9.22. The summed E-state index contributed by atoms with van der Waals surface area (Å²) >= 11 is 0. The lowest BCUT2D eigenvalue weighted by Gasteiger charge is -2.60. The van der Waals surface area contributed by atoms with Gasteiger partial charge in [-0.2, -0.15) is 0 Å². The van der Waals surface area contributed by atoms with Gasteiger partial charge in [0.2, 0.25) is 5.79 Å². The number of fused-ring (bicyclic) bond motifs is 2. The molecule has 1 amide bonds. The Morgan fingerprint density at radius 1 is 0.952 bits per heavy atom. The van der Waals surface area contributed by atoms with E-state index in [4.69, 9.17) is 28.9 Å². The zero-order chi connectivity index (χ0) is 44.4. The second-order valence-electron chi connectivity index (χ2n) is 17.8. The van der Waals surface area contributed by atoms with Gasteiger partial charge in [0.15, 0.2) is 0 Å². The third kappa shape index (κ3) is 10.8. The van der Waals surface area contributed by atoms with Crippen LogP contribution in [-0.4, -0.2) is 70.8 Å². The number of hydrogen-bond donors (Lipinski definition) is 2. The van der Waals surface area contributed by atoms with E-state index < -0.39 is 29.4 Å². The number of aryl methyl sites for hydroxylation is 2. The number of benzene rings is 3.